The lowest BCUT2D eigenvalue weighted by molar-refractivity contribution is 0.115. The zero-order valence-corrected chi connectivity index (χ0v) is 13.7. The Morgan fingerprint density at radius 1 is 1.40 bits per heavy atom. The predicted octanol–water partition coefficient (Wildman–Crippen LogP) is 3.36. The van der Waals surface area contributed by atoms with Gasteiger partial charge in [-0.05, 0) is 35.1 Å². The molecule has 1 amide bonds. The largest absolute Gasteiger partial charge is 0.441 e. The van der Waals surface area contributed by atoms with Crippen LogP contribution in [0.5, 0.6) is 0 Å². The van der Waals surface area contributed by atoms with Crippen LogP contribution in [0.15, 0.2) is 36.5 Å². The molecule has 1 atom stereocenters. The van der Waals surface area contributed by atoms with Crippen LogP contribution in [0.2, 0.25) is 0 Å². The molecule has 2 rings (SSSR count). The zero-order valence-electron chi connectivity index (χ0n) is 11.6. The van der Waals surface area contributed by atoms with E-state index in [0.717, 1.165) is 15.0 Å². The first kappa shape index (κ1) is 14.8. The van der Waals surface area contributed by atoms with Gasteiger partial charge < -0.3 is 4.74 Å². The van der Waals surface area contributed by atoms with Gasteiger partial charge in [0.15, 0.2) is 0 Å². The van der Waals surface area contributed by atoms with Crippen molar-refractivity contribution in [3.05, 3.63) is 45.7 Å². The summed E-state index contributed by atoms with van der Waals surface area (Å²) in [5.41, 5.74) is 0.967. The normalized spacial score (nSPS) is 12.0. The van der Waals surface area contributed by atoms with Crippen molar-refractivity contribution in [3.8, 4) is 0 Å². The number of amides is 1. The molecule has 0 bridgehead atoms. The Labute approximate surface area is 131 Å². The number of aromatic nitrogens is 2. The van der Waals surface area contributed by atoms with Crippen molar-refractivity contribution in [2.45, 2.75) is 13.0 Å². The quantitative estimate of drug-likeness (QED) is 0.762. The van der Waals surface area contributed by atoms with Crippen LogP contribution in [-0.2, 0) is 11.8 Å². The van der Waals surface area contributed by atoms with Crippen molar-refractivity contribution in [3.63, 3.8) is 0 Å². The first-order valence-electron chi connectivity index (χ1n) is 6.17. The maximum absolute atomic E-state index is 12.2. The van der Waals surface area contributed by atoms with Gasteiger partial charge in [-0.25, -0.2) is 4.79 Å². The Morgan fingerprint density at radius 3 is 2.60 bits per heavy atom. The van der Waals surface area contributed by atoms with Crippen molar-refractivity contribution in [1.29, 1.82) is 0 Å². The average molecular weight is 385 g/mol. The summed E-state index contributed by atoms with van der Waals surface area (Å²) in [6, 6.07) is 9.65. The molecule has 0 unspecified atom stereocenters. The number of rotatable bonds is 3. The molecular formula is C14H16IN3O2. The Bertz CT molecular complexity index is 578. The lowest BCUT2D eigenvalue weighted by Gasteiger charge is -2.21. The van der Waals surface area contributed by atoms with Crippen molar-refractivity contribution >= 4 is 34.5 Å². The van der Waals surface area contributed by atoms with Crippen LogP contribution in [0, 0.1) is 3.57 Å². The maximum Gasteiger partial charge on any atom is 0.415 e. The highest BCUT2D eigenvalue weighted by Gasteiger charge is 2.21. The van der Waals surface area contributed by atoms with Gasteiger partial charge in [0.05, 0.1) is 9.77 Å². The van der Waals surface area contributed by atoms with E-state index in [1.165, 1.54) is 4.90 Å². The molecule has 106 valence electrons. The predicted molar refractivity (Wildman–Crippen MR) is 85.7 cm³/mol. The Balaban J connectivity index is 2.09. The second-order valence-electron chi connectivity index (χ2n) is 4.44. The number of nitrogens with zero attached hydrogens (tertiary/aromatic N) is 3. The Morgan fingerprint density at radius 2 is 2.05 bits per heavy atom. The van der Waals surface area contributed by atoms with Crippen molar-refractivity contribution in [1.82, 2.24) is 9.78 Å². The molecule has 2 aromatic rings. The summed E-state index contributed by atoms with van der Waals surface area (Å²) >= 11 is 2.14. The fraction of sp³-hybridized carbons (Fsp3) is 0.286. The molecule has 0 aliphatic carbocycles. The summed E-state index contributed by atoms with van der Waals surface area (Å²) in [5.74, 6) is 0.718. The van der Waals surface area contributed by atoms with Crippen LogP contribution in [0.1, 0.15) is 18.6 Å². The minimum Gasteiger partial charge on any atom is -0.441 e. The first-order chi connectivity index (χ1) is 9.50. The summed E-state index contributed by atoms with van der Waals surface area (Å²) in [4.78, 5) is 13.7. The van der Waals surface area contributed by atoms with Gasteiger partial charge in [-0.3, -0.25) is 9.58 Å². The van der Waals surface area contributed by atoms with Crippen LogP contribution in [0.4, 0.5) is 10.6 Å². The number of hydrogen-bond donors (Lipinski definition) is 0. The number of benzene rings is 1. The highest BCUT2D eigenvalue weighted by molar-refractivity contribution is 14.1. The van der Waals surface area contributed by atoms with Crippen LogP contribution in [-0.4, -0.2) is 22.9 Å². The molecule has 0 N–H and O–H groups in total. The Hall–Kier alpha value is -1.57. The lowest BCUT2D eigenvalue weighted by atomic mass is 10.1. The number of hydrogen-bond acceptors (Lipinski definition) is 3. The van der Waals surface area contributed by atoms with Crippen LogP contribution >= 0.6 is 22.6 Å². The highest BCUT2D eigenvalue weighted by atomic mass is 127. The van der Waals surface area contributed by atoms with Gasteiger partial charge in [0.2, 0.25) is 0 Å². The van der Waals surface area contributed by atoms with Gasteiger partial charge in [0, 0.05) is 14.1 Å². The summed E-state index contributed by atoms with van der Waals surface area (Å²) in [6.45, 7) is 1.86. The van der Waals surface area contributed by atoms with E-state index in [1.807, 2.05) is 37.3 Å². The average Bonchev–Trinajstić information content (AvgIpc) is 2.78. The van der Waals surface area contributed by atoms with E-state index in [9.17, 15) is 4.79 Å². The molecule has 0 saturated heterocycles. The van der Waals surface area contributed by atoms with Crippen molar-refractivity contribution in [2.24, 2.45) is 7.05 Å². The van der Waals surface area contributed by atoms with E-state index < -0.39 is 6.09 Å². The second kappa shape index (κ2) is 6.25. The lowest BCUT2D eigenvalue weighted by Crippen LogP contribution is -2.30. The van der Waals surface area contributed by atoms with E-state index in [1.54, 1.807) is 25.0 Å². The molecule has 0 radical (unpaired) electrons. The number of halogens is 1. The third-order valence-corrected chi connectivity index (χ3v) is 3.76. The highest BCUT2D eigenvalue weighted by Crippen LogP contribution is 2.23. The number of carbonyl (C=O) groups is 1. The summed E-state index contributed by atoms with van der Waals surface area (Å²) < 4.78 is 8.02. The molecule has 0 saturated carbocycles. The fourth-order valence-corrected chi connectivity index (χ4v) is 2.73. The monoisotopic (exact) mass is 385 g/mol. The number of aryl methyl sites for hydroxylation is 1. The molecular weight excluding hydrogens is 369 g/mol. The molecule has 1 heterocycles. The van der Waals surface area contributed by atoms with Gasteiger partial charge in [0.1, 0.15) is 11.9 Å². The topological polar surface area (TPSA) is 47.4 Å². The van der Waals surface area contributed by atoms with Crippen LogP contribution in [0.3, 0.4) is 0 Å². The van der Waals surface area contributed by atoms with Gasteiger partial charge in [-0.2, -0.15) is 5.10 Å². The van der Waals surface area contributed by atoms with Gasteiger partial charge in [-0.15, -0.1) is 0 Å². The number of ether oxygens (including phenoxy) is 1. The van der Waals surface area contributed by atoms with Crippen molar-refractivity contribution < 1.29 is 9.53 Å². The minimum absolute atomic E-state index is 0.294. The van der Waals surface area contributed by atoms with E-state index in [-0.39, 0.29) is 6.10 Å². The Kier molecular flexibility index (Phi) is 4.64. The fourth-order valence-electron chi connectivity index (χ4n) is 1.89. The third-order valence-electron chi connectivity index (χ3n) is 3.00. The van der Waals surface area contributed by atoms with E-state index >= 15 is 0 Å². The molecule has 0 spiro atoms. The minimum atomic E-state index is -0.400. The van der Waals surface area contributed by atoms with Crippen molar-refractivity contribution in [2.75, 3.05) is 11.9 Å². The number of anilines is 1. The molecule has 0 aliphatic heterocycles. The zero-order chi connectivity index (χ0) is 14.7. The van der Waals surface area contributed by atoms with Gasteiger partial charge >= 0.3 is 6.09 Å². The van der Waals surface area contributed by atoms with E-state index in [4.69, 9.17) is 4.74 Å². The molecule has 20 heavy (non-hydrogen) atoms. The van der Waals surface area contributed by atoms with Crippen LogP contribution in [0.25, 0.3) is 0 Å². The molecule has 0 fully saturated rings. The van der Waals surface area contributed by atoms with Crippen LogP contribution < -0.4 is 4.90 Å². The van der Waals surface area contributed by atoms with Gasteiger partial charge in [-0.1, -0.05) is 30.3 Å². The molecule has 6 heteroatoms. The molecule has 1 aromatic heterocycles. The SMILES string of the molecule is C[C@@H](OC(=O)N(C)c1c(I)cnn1C)c1ccccc1. The third kappa shape index (κ3) is 3.12. The van der Waals surface area contributed by atoms with E-state index in [2.05, 4.69) is 27.7 Å². The molecule has 1 aromatic carbocycles. The van der Waals surface area contributed by atoms with E-state index in [0.29, 0.717) is 0 Å². The maximum atomic E-state index is 12.2. The smallest absolute Gasteiger partial charge is 0.415 e. The molecule has 0 aliphatic rings. The first-order valence-corrected chi connectivity index (χ1v) is 7.25. The standard InChI is InChI=1S/C14H16IN3O2/c1-10(11-7-5-4-6-8-11)20-14(19)17(2)13-12(15)9-16-18(13)3/h4-10H,1-3H3/t10-/m1/s1. The molecule has 5 nitrogen and oxygen atoms in total. The second-order valence-corrected chi connectivity index (χ2v) is 5.60. The number of carbonyl (C=O) groups excluding carboxylic acids is 1. The summed E-state index contributed by atoms with van der Waals surface area (Å²) in [5, 5.41) is 4.12. The summed E-state index contributed by atoms with van der Waals surface area (Å²) in [7, 11) is 3.47. The van der Waals surface area contributed by atoms with Gasteiger partial charge in [0.25, 0.3) is 0 Å². The summed E-state index contributed by atoms with van der Waals surface area (Å²) in [6.07, 6.45) is 1.01.